The topological polar surface area (TPSA) is 6.48 Å². The first-order chi connectivity index (χ1) is 63.9. The van der Waals surface area contributed by atoms with Gasteiger partial charge in [-0.15, -0.1) is 0 Å². The van der Waals surface area contributed by atoms with Crippen LogP contribution in [0.1, 0.15) is 96.9 Å². The Morgan fingerprint density at radius 2 is 0.214 bits per heavy atom. The second-order valence-corrected chi connectivity index (χ2v) is 24.7. The van der Waals surface area contributed by atoms with Gasteiger partial charge in [0.2, 0.25) is 0 Å². The van der Waals surface area contributed by atoms with Crippen LogP contribution < -0.4 is 0 Å². The summed E-state index contributed by atoms with van der Waals surface area (Å²) in [6.07, 6.45) is 0. The Kier molecular flexibility index (Phi) is 58.9. The zero-order valence-electron chi connectivity index (χ0n) is 73.1. The normalized spacial score (nSPS) is 10.5. The lowest BCUT2D eigenvalue weighted by Gasteiger charge is -2.65. The predicted molar refractivity (Wildman–Crippen MR) is 525 cm³/mol. The third-order valence-corrected chi connectivity index (χ3v) is 15.4. The van der Waals surface area contributed by atoms with Crippen molar-refractivity contribution in [2.24, 2.45) is 17.8 Å². The van der Waals surface area contributed by atoms with Crippen molar-refractivity contribution in [1.82, 2.24) is 9.80 Å². The smallest absolute Gasteiger partial charge is 0.0212 e. The fraction of sp³-hybridized carbons (Fsp3) is 0.178. The van der Waals surface area contributed by atoms with E-state index >= 15 is 0 Å². The van der Waals surface area contributed by atoms with Crippen LogP contribution in [0.3, 0.4) is 0 Å². The maximum absolute atomic E-state index is 2.71. The van der Waals surface area contributed by atoms with Crippen molar-refractivity contribution in [3.8, 4) is 628 Å². The molecule has 0 aromatic rings. The fourth-order valence-corrected chi connectivity index (χ4v) is 10.6. The van der Waals surface area contributed by atoms with Crippen LogP contribution in [0.15, 0.2) is 0 Å². The molecule has 1 unspecified atom stereocenters. The molecule has 0 N–H and O–H groups in total. The van der Waals surface area contributed by atoms with Crippen molar-refractivity contribution in [3.63, 3.8) is 0 Å². The number of likely N-dealkylation sites (tertiary alicyclic amines) is 1. The quantitative estimate of drug-likeness (QED) is 0.266. The summed E-state index contributed by atoms with van der Waals surface area (Å²) in [7, 11) is 2.21. The highest BCUT2D eigenvalue weighted by Crippen LogP contribution is 2.66. The zero-order chi connectivity index (χ0) is 95.3. The van der Waals surface area contributed by atoms with E-state index in [1.165, 1.54) is 0 Å². The van der Waals surface area contributed by atoms with Crippen molar-refractivity contribution in [3.05, 3.63) is 0 Å². The van der Waals surface area contributed by atoms with E-state index in [0.717, 1.165) is 17.8 Å². The van der Waals surface area contributed by atoms with Gasteiger partial charge in [0.05, 0.1) is 0 Å². The standard InChI is InChI=1S/C108H6.C12H23N.C9H19N/c1-3-5-7-9-11-13-15-17-19-21-23-25-27-29-31-33-35-37-39-41-43-45-47-49-51-53-55-57-59-61-63-65-67-69-71-73-75-77-79-81-83-85-87-89-91-93-95-97-99-101-103-105-107-108-106-104-102-100-98-96-94-92-90-88-86-84-82-80-78-76-74-72-70-68-66-64-62-60-58-56-54-52-50-48-46-44-42-40-38-36-34-32-30-28-26-24-22-20-18-16-14-12-10-8-6-4-2;1-8-9-11(4,5)13(10(8,2)3)12(9,6)7;1-7-8(2,3)10(6)9(7,4)5/h1-2H3;8-9H,1-7H3;7H,1-6H3. The van der Waals surface area contributed by atoms with Gasteiger partial charge in [0.1, 0.15) is 0 Å². The average Bonchev–Trinajstić information content (AvgIpc) is 1.49. The van der Waals surface area contributed by atoms with Crippen LogP contribution in [-0.2, 0) is 0 Å². The molecule has 4 saturated heterocycles. The monoisotopic (exact) mass is 1620 g/mol. The summed E-state index contributed by atoms with van der Waals surface area (Å²) in [5.74, 6) is 268. The number of hydrogen-bond acceptors (Lipinski definition) is 2. The molecule has 574 valence electrons. The highest BCUT2D eigenvalue weighted by Gasteiger charge is 2.73. The summed E-state index contributed by atoms with van der Waals surface area (Å²) in [6, 6.07) is 0. The molecule has 4 aliphatic rings. The van der Waals surface area contributed by atoms with E-state index in [1.54, 1.807) is 13.8 Å². The van der Waals surface area contributed by atoms with Crippen LogP contribution in [0.5, 0.6) is 0 Å². The van der Waals surface area contributed by atoms with Crippen molar-refractivity contribution in [2.45, 2.75) is 125 Å². The lowest BCUT2D eigenvalue weighted by atomic mass is 9.64. The molecule has 2 heteroatoms. The number of fused-ring (bicyclic) bond motifs is 1. The molecule has 0 aromatic heterocycles. The lowest BCUT2D eigenvalue weighted by Crippen LogP contribution is -2.73. The van der Waals surface area contributed by atoms with Crippen LogP contribution in [0.2, 0.25) is 0 Å². The number of rotatable bonds is 0. The predicted octanol–water partition coefficient (Wildman–Crippen LogP) is 6.24. The Labute approximate surface area is 781 Å². The molecule has 0 radical (unpaired) electrons. The molecule has 4 fully saturated rings. The maximum atomic E-state index is 2.71. The van der Waals surface area contributed by atoms with Gasteiger partial charge in [-0.3, -0.25) is 9.80 Å². The number of nitrogens with zero attached hydrogens (tertiary/aromatic N) is 2. The van der Waals surface area contributed by atoms with Gasteiger partial charge in [-0.25, -0.2) is 0 Å². The van der Waals surface area contributed by atoms with Gasteiger partial charge >= 0.3 is 0 Å². The lowest BCUT2D eigenvalue weighted by molar-refractivity contribution is -0.147. The average molecular weight is 1630 g/mol. The second-order valence-electron chi connectivity index (χ2n) is 24.7. The summed E-state index contributed by atoms with van der Waals surface area (Å²) in [4.78, 5) is 5.16. The van der Waals surface area contributed by atoms with Gasteiger partial charge in [0.15, 0.2) is 0 Å². The van der Waals surface area contributed by atoms with Gasteiger partial charge in [-0.05, 0) is 203 Å². The van der Waals surface area contributed by atoms with Crippen molar-refractivity contribution in [2.75, 3.05) is 7.05 Å². The molecule has 4 rings (SSSR count). The fourth-order valence-electron chi connectivity index (χ4n) is 10.6. The van der Waals surface area contributed by atoms with E-state index in [2.05, 4.69) is 727 Å². The Morgan fingerprint density at radius 3 is 0.252 bits per heavy atom. The number of hydrogen-bond donors (Lipinski definition) is 0. The molecule has 0 saturated carbocycles. The van der Waals surface area contributed by atoms with Crippen molar-refractivity contribution < 1.29 is 0 Å². The Bertz CT molecular complexity index is 8070. The molecule has 131 heavy (non-hydrogen) atoms. The zero-order valence-corrected chi connectivity index (χ0v) is 73.1. The van der Waals surface area contributed by atoms with E-state index in [0.29, 0.717) is 27.7 Å². The van der Waals surface area contributed by atoms with Crippen LogP contribution in [0, 0.1) is 645 Å². The maximum Gasteiger partial charge on any atom is 0.0212 e. The molecule has 0 amide bonds. The molecule has 0 spiro atoms. The summed E-state index contributed by atoms with van der Waals surface area (Å²) in [5.41, 5.74) is 2.05. The van der Waals surface area contributed by atoms with Gasteiger partial charge < -0.3 is 0 Å². The second kappa shape index (κ2) is 73.0. The SMILES string of the molecule is CC#CC#CC#CC#CC#CC#CC#CC#CC#CC#CC#CC#CC#CC#CC#CC#CC#CC#CC#CC#CC#CC#CC#CC#CC#CC#CC#CC#CC#CC#CC#CC#CC#CC#CC#CC#CC#CC#CC#CC#CC#CC#CC#CC#CC#CC#CC#CC#CC#CC#CC#CC#CC#CC.CC1C(C)(C)N(C)C1(C)C.CC1C2C(C)(C)N(C1(C)C)C2(C)C. The Balaban J connectivity index is 0.00000318. The minimum absolute atomic E-state index is 0.387. The first-order valence-corrected chi connectivity index (χ1v) is 36.7. The molecular formula is C129H48N2. The van der Waals surface area contributed by atoms with Gasteiger partial charge in [0, 0.05) is 549 Å². The van der Waals surface area contributed by atoms with Crippen LogP contribution in [-0.4, -0.2) is 44.5 Å². The summed E-state index contributed by atoms with van der Waals surface area (Å²) in [6.45, 7) is 31.7. The van der Waals surface area contributed by atoms with E-state index in [4.69, 9.17) is 0 Å². The Hall–Kier alpha value is -23.4. The molecule has 0 aliphatic carbocycles. The van der Waals surface area contributed by atoms with Crippen molar-refractivity contribution >= 4 is 0 Å². The van der Waals surface area contributed by atoms with Gasteiger partial charge in [0.25, 0.3) is 0 Å². The third kappa shape index (κ3) is 55.0. The highest BCUT2D eigenvalue weighted by molar-refractivity contribution is 5.57. The molecule has 1 atom stereocenters. The minimum atomic E-state index is 0.387. The van der Waals surface area contributed by atoms with E-state index in [1.807, 2.05) is 0 Å². The first-order valence-electron chi connectivity index (χ1n) is 36.7. The van der Waals surface area contributed by atoms with Gasteiger partial charge in [-0.2, -0.15) is 0 Å². The summed E-state index contributed by atoms with van der Waals surface area (Å²) < 4.78 is 0. The third-order valence-electron chi connectivity index (χ3n) is 15.4. The summed E-state index contributed by atoms with van der Waals surface area (Å²) in [5, 5.41) is 0. The van der Waals surface area contributed by atoms with Crippen LogP contribution >= 0.6 is 0 Å². The molecule has 2 nitrogen and oxygen atoms in total. The van der Waals surface area contributed by atoms with E-state index in [9.17, 15) is 0 Å². The highest BCUT2D eigenvalue weighted by atomic mass is 15.4. The molecule has 4 heterocycles. The van der Waals surface area contributed by atoms with E-state index in [-0.39, 0.29) is 0 Å². The molecule has 4 aliphatic heterocycles. The molecular weight excluding hydrogens is 1580 g/mol. The summed E-state index contributed by atoms with van der Waals surface area (Å²) >= 11 is 0. The van der Waals surface area contributed by atoms with Gasteiger partial charge in [-0.1, -0.05) is 25.7 Å². The van der Waals surface area contributed by atoms with Crippen molar-refractivity contribution in [1.29, 1.82) is 0 Å². The van der Waals surface area contributed by atoms with Crippen LogP contribution in [0.25, 0.3) is 0 Å². The largest absolute Gasteiger partial charge is 0.295 e. The van der Waals surface area contributed by atoms with E-state index < -0.39 is 0 Å². The Morgan fingerprint density at radius 1 is 0.130 bits per heavy atom. The first kappa shape index (κ1) is 106. The van der Waals surface area contributed by atoms with Crippen LogP contribution in [0.4, 0.5) is 0 Å². The molecule has 0 aromatic carbocycles. The minimum Gasteiger partial charge on any atom is -0.295 e. The molecule has 2 bridgehead atoms.